The van der Waals surface area contributed by atoms with Crippen molar-refractivity contribution in [2.24, 2.45) is 0 Å². The van der Waals surface area contributed by atoms with E-state index >= 15 is 0 Å². The Hall–Kier alpha value is -2.28. The molecule has 7 heteroatoms. The minimum atomic E-state index is -1.06. The van der Waals surface area contributed by atoms with Crippen LogP contribution in [0.1, 0.15) is 54.3 Å². The fourth-order valence-corrected chi connectivity index (χ4v) is 2.96. The third-order valence-electron chi connectivity index (χ3n) is 3.33. The average molecular weight is 350 g/mol. The standard InChI is InChI=1S/C17H19FN2O3S/c1-17(2,3)16-20-13(9-24-16)15(23)19-12(8-14(21)22)10-4-6-11(18)7-5-10/h4-7,9,12H,8H2,1-3H3,(H,19,23)(H,21,22). The maximum absolute atomic E-state index is 13.0. The first kappa shape index (κ1) is 18.1. The van der Waals surface area contributed by atoms with Crippen molar-refractivity contribution in [1.29, 1.82) is 0 Å². The summed E-state index contributed by atoms with van der Waals surface area (Å²) in [5.41, 5.74) is 0.613. The summed E-state index contributed by atoms with van der Waals surface area (Å²) in [6, 6.07) is 4.64. The summed E-state index contributed by atoms with van der Waals surface area (Å²) in [7, 11) is 0. The van der Waals surface area contributed by atoms with Gasteiger partial charge in [0.15, 0.2) is 0 Å². The third kappa shape index (κ3) is 4.61. The van der Waals surface area contributed by atoms with Crippen molar-refractivity contribution >= 4 is 23.2 Å². The summed E-state index contributed by atoms with van der Waals surface area (Å²) in [5.74, 6) is -1.93. The summed E-state index contributed by atoms with van der Waals surface area (Å²) in [6.45, 7) is 6.00. The van der Waals surface area contributed by atoms with Crippen molar-refractivity contribution in [2.75, 3.05) is 0 Å². The summed E-state index contributed by atoms with van der Waals surface area (Å²) in [4.78, 5) is 27.8. The smallest absolute Gasteiger partial charge is 0.305 e. The van der Waals surface area contributed by atoms with Crippen molar-refractivity contribution in [2.45, 2.75) is 38.6 Å². The number of carbonyl (C=O) groups excluding carboxylic acids is 1. The number of carbonyl (C=O) groups is 2. The number of carboxylic acid groups (broad SMARTS) is 1. The molecule has 1 amide bonds. The normalized spacial score (nSPS) is 12.7. The zero-order chi connectivity index (χ0) is 17.9. The highest BCUT2D eigenvalue weighted by Crippen LogP contribution is 2.26. The highest BCUT2D eigenvalue weighted by molar-refractivity contribution is 7.10. The monoisotopic (exact) mass is 350 g/mol. The molecule has 0 radical (unpaired) electrons. The maximum atomic E-state index is 13.0. The van der Waals surface area contributed by atoms with E-state index in [0.717, 1.165) is 5.01 Å². The number of aromatic nitrogens is 1. The van der Waals surface area contributed by atoms with Crippen molar-refractivity contribution in [3.8, 4) is 0 Å². The van der Waals surface area contributed by atoms with Crippen LogP contribution < -0.4 is 5.32 Å². The Morgan fingerprint density at radius 1 is 1.29 bits per heavy atom. The molecule has 0 aliphatic carbocycles. The van der Waals surface area contributed by atoms with Gasteiger partial charge in [-0.25, -0.2) is 9.37 Å². The van der Waals surface area contributed by atoms with E-state index in [4.69, 9.17) is 5.11 Å². The van der Waals surface area contributed by atoms with Crippen LogP contribution in [0.4, 0.5) is 4.39 Å². The summed E-state index contributed by atoms with van der Waals surface area (Å²) < 4.78 is 13.0. The molecule has 5 nitrogen and oxygen atoms in total. The molecule has 128 valence electrons. The number of benzene rings is 1. The first-order chi connectivity index (χ1) is 11.2. The zero-order valence-corrected chi connectivity index (χ0v) is 14.5. The van der Waals surface area contributed by atoms with Gasteiger partial charge in [0.05, 0.1) is 17.5 Å². The molecular formula is C17H19FN2O3S. The first-order valence-corrected chi connectivity index (χ1v) is 8.29. The van der Waals surface area contributed by atoms with Crippen molar-refractivity contribution < 1.29 is 19.1 Å². The van der Waals surface area contributed by atoms with Crippen LogP contribution in [-0.4, -0.2) is 22.0 Å². The van der Waals surface area contributed by atoms with Gasteiger partial charge in [0.2, 0.25) is 0 Å². The molecule has 0 saturated carbocycles. The van der Waals surface area contributed by atoms with Crippen LogP contribution in [0.25, 0.3) is 0 Å². The van der Waals surface area contributed by atoms with E-state index < -0.39 is 23.7 Å². The van der Waals surface area contributed by atoms with Crippen LogP contribution in [0.5, 0.6) is 0 Å². The van der Waals surface area contributed by atoms with Gasteiger partial charge >= 0.3 is 5.97 Å². The lowest BCUT2D eigenvalue weighted by Gasteiger charge is -2.17. The Morgan fingerprint density at radius 2 is 1.92 bits per heavy atom. The first-order valence-electron chi connectivity index (χ1n) is 7.41. The number of thiazole rings is 1. The van der Waals surface area contributed by atoms with E-state index in [1.165, 1.54) is 35.6 Å². The van der Waals surface area contributed by atoms with Crippen molar-refractivity contribution in [1.82, 2.24) is 10.3 Å². The number of aliphatic carboxylic acids is 1. The highest BCUT2D eigenvalue weighted by Gasteiger charge is 2.23. The molecular weight excluding hydrogens is 331 g/mol. The maximum Gasteiger partial charge on any atom is 0.305 e. The van der Waals surface area contributed by atoms with E-state index in [-0.39, 0.29) is 17.5 Å². The number of carboxylic acids is 1. The molecule has 0 aliphatic heterocycles. The van der Waals surface area contributed by atoms with E-state index in [1.807, 2.05) is 20.8 Å². The number of nitrogens with one attached hydrogen (secondary N) is 1. The number of nitrogens with zero attached hydrogens (tertiary/aromatic N) is 1. The summed E-state index contributed by atoms with van der Waals surface area (Å²) in [6.07, 6.45) is -0.298. The van der Waals surface area contributed by atoms with Gasteiger partial charge in [0, 0.05) is 10.8 Å². The van der Waals surface area contributed by atoms with Gasteiger partial charge in [0.25, 0.3) is 5.91 Å². The Balaban J connectivity index is 2.19. The molecule has 2 N–H and O–H groups in total. The van der Waals surface area contributed by atoms with Crippen LogP contribution in [0.2, 0.25) is 0 Å². The Bertz CT molecular complexity index is 735. The van der Waals surface area contributed by atoms with Crippen LogP contribution in [0.3, 0.4) is 0 Å². The minimum Gasteiger partial charge on any atom is -0.481 e. The largest absolute Gasteiger partial charge is 0.481 e. The lowest BCUT2D eigenvalue weighted by atomic mass is 9.98. The van der Waals surface area contributed by atoms with Crippen LogP contribution in [-0.2, 0) is 10.2 Å². The van der Waals surface area contributed by atoms with E-state index in [1.54, 1.807) is 5.38 Å². The van der Waals surface area contributed by atoms with E-state index in [2.05, 4.69) is 10.3 Å². The fourth-order valence-electron chi connectivity index (χ4n) is 2.08. The fraction of sp³-hybridized carbons (Fsp3) is 0.353. The van der Waals surface area contributed by atoms with Gasteiger partial charge in [-0.2, -0.15) is 0 Å². The second-order valence-electron chi connectivity index (χ2n) is 6.46. The third-order valence-corrected chi connectivity index (χ3v) is 4.60. The predicted octanol–water partition coefficient (Wildman–Crippen LogP) is 3.53. The average Bonchev–Trinajstić information content (AvgIpc) is 2.97. The molecule has 1 unspecified atom stereocenters. The zero-order valence-electron chi connectivity index (χ0n) is 13.7. The number of amides is 1. The summed E-state index contributed by atoms with van der Waals surface area (Å²) in [5, 5.41) is 14.2. The quantitative estimate of drug-likeness (QED) is 0.865. The van der Waals surface area contributed by atoms with Gasteiger partial charge in [-0.3, -0.25) is 9.59 Å². The number of rotatable bonds is 5. The Labute approximate surface area is 143 Å². The molecule has 2 aromatic rings. The lowest BCUT2D eigenvalue weighted by molar-refractivity contribution is -0.137. The van der Waals surface area contributed by atoms with Crippen LogP contribution in [0, 0.1) is 5.82 Å². The van der Waals surface area contributed by atoms with Crippen molar-refractivity contribution in [3.63, 3.8) is 0 Å². The van der Waals surface area contributed by atoms with E-state index in [9.17, 15) is 14.0 Å². The molecule has 24 heavy (non-hydrogen) atoms. The van der Waals surface area contributed by atoms with Gasteiger partial charge in [0.1, 0.15) is 11.5 Å². The Kier molecular flexibility index (Phi) is 5.33. The van der Waals surface area contributed by atoms with E-state index in [0.29, 0.717) is 5.56 Å². The molecule has 0 saturated heterocycles. The van der Waals surface area contributed by atoms with Gasteiger partial charge in [-0.1, -0.05) is 32.9 Å². The van der Waals surface area contributed by atoms with Crippen LogP contribution >= 0.6 is 11.3 Å². The van der Waals surface area contributed by atoms with Crippen LogP contribution in [0.15, 0.2) is 29.6 Å². The molecule has 1 heterocycles. The highest BCUT2D eigenvalue weighted by atomic mass is 32.1. The lowest BCUT2D eigenvalue weighted by Crippen LogP contribution is -2.30. The molecule has 2 rings (SSSR count). The predicted molar refractivity (Wildman–Crippen MR) is 89.7 cm³/mol. The van der Waals surface area contributed by atoms with Gasteiger partial charge < -0.3 is 10.4 Å². The second-order valence-corrected chi connectivity index (χ2v) is 7.32. The molecule has 0 bridgehead atoms. The van der Waals surface area contributed by atoms with Gasteiger partial charge in [-0.15, -0.1) is 11.3 Å². The molecule has 1 aromatic carbocycles. The molecule has 0 aliphatic rings. The number of hydrogen-bond donors (Lipinski definition) is 2. The Morgan fingerprint density at radius 3 is 2.42 bits per heavy atom. The molecule has 1 atom stereocenters. The molecule has 0 fully saturated rings. The molecule has 1 aromatic heterocycles. The second kappa shape index (κ2) is 7.09. The summed E-state index contributed by atoms with van der Waals surface area (Å²) >= 11 is 1.39. The minimum absolute atomic E-state index is 0.166. The topological polar surface area (TPSA) is 79.3 Å². The van der Waals surface area contributed by atoms with Gasteiger partial charge in [-0.05, 0) is 17.7 Å². The number of hydrogen-bond acceptors (Lipinski definition) is 4. The van der Waals surface area contributed by atoms with Crippen molar-refractivity contribution in [3.05, 3.63) is 51.7 Å². The SMILES string of the molecule is CC(C)(C)c1nc(C(=O)NC(CC(=O)O)c2ccc(F)cc2)cs1. The number of halogens is 1. The molecule has 0 spiro atoms.